The zero-order chi connectivity index (χ0) is 19.5. The molecule has 0 radical (unpaired) electrons. The number of fused-ring (bicyclic) bond motifs is 1. The summed E-state index contributed by atoms with van der Waals surface area (Å²) in [6, 6.07) is 20.6. The van der Waals surface area contributed by atoms with E-state index in [1.807, 2.05) is 30.3 Å². The van der Waals surface area contributed by atoms with Crippen LogP contribution in [0.5, 0.6) is 5.75 Å². The Kier molecular flexibility index (Phi) is 4.72. The van der Waals surface area contributed by atoms with Crippen LogP contribution in [0.2, 0.25) is 0 Å². The number of ether oxygens (including phenoxy) is 1. The molecule has 0 fully saturated rings. The molecule has 1 aromatic heterocycles. The van der Waals surface area contributed by atoms with E-state index in [9.17, 15) is 9.18 Å². The highest BCUT2D eigenvalue weighted by molar-refractivity contribution is 5.80. The normalized spacial score (nSPS) is 11.2. The Bertz CT molecular complexity index is 1230. The molecule has 0 unspecified atom stereocenters. The molecule has 4 nitrogen and oxygen atoms in total. The van der Waals surface area contributed by atoms with E-state index < -0.39 is 0 Å². The third-order valence-electron chi connectivity index (χ3n) is 4.42. The lowest BCUT2D eigenvalue weighted by molar-refractivity contribution is 0.412. The molecule has 0 aliphatic rings. The summed E-state index contributed by atoms with van der Waals surface area (Å²) in [5.41, 5.74) is 1.83. The van der Waals surface area contributed by atoms with Crippen LogP contribution >= 0.6 is 0 Å². The number of hydrogen-bond donors (Lipinski definition) is 0. The number of para-hydroxylation sites is 3. The van der Waals surface area contributed by atoms with Crippen molar-refractivity contribution in [3.05, 3.63) is 100 Å². The maximum atomic E-state index is 13.3. The standard InChI is InChI=1S/C23H17FN2O2/c1-28-21-9-5-4-8-20(21)26-22(15-12-16-10-13-17(24)14-11-16)25-19-7-3-2-6-18(19)23(26)27/h2-15H,1H3/b15-12+. The van der Waals surface area contributed by atoms with Crippen LogP contribution in [0.15, 0.2) is 77.6 Å². The Hall–Kier alpha value is -3.73. The van der Waals surface area contributed by atoms with Crippen LogP contribution in [-0.4, -0.2) is 16.7 Å². The zero-order valence-electron chi connectivity index (χ0n) is 15.2. The van der Waals surface area contributed by atoms with Gasteiger partial charge in [0.2, 0.25) is 0 Å². The number of nitrogens with zero attached hydrogens (tertiary/aromatic N) is 2. The molecule has 138 valence electrons. The Morgan fingerprint density at radius 2 is 1.64 bits per heavy atom. The molecular weight excluding hydrogens is 355 g/mol. The van der Waals surface area contributed by atoms with Gasteiger partial charge in [-0.3, -0.25) is 9.36 Å². The Balaban J connectivity index is 1.96. The fourth-order valence-electron chi connectivity index (χ4n) is 3.05. The first kappa shape index (κ1) is 17.7. The first-order valence-corrected chi connectivity index (χ1v) is 8.76. The van der Waals surface area contributed by atoms with Crippen molar-refractivity contribution in [2.45, 2.75) is 0 Å². The lowest BCUT2D eigenvalue weighted by Crippen LogP contribution is -2.22. The second kappa shape index (κ2) is 7.48. The summed E-state index contributed by atoms with van der Waals surface area (Å²) in [5.74, 6) is 0.725. The second-order valence-electron chi connectivity index (χ2n) is 6.18. The molecule has 0 atom stereocenters. The van der Waals surface area contributed by atoms with E-state index in [0.717, 1.165) is 5.56 Å². The Labute approximate surface area is 161 Å². The van der Waals surface area contributed by atoms with E-state index in [1.165, 1.54) is 16.7 Å². The minimum atomic E-state index is -0.299. The minimum absolute atomic E-state index is 0.186. The van der Waals surface area contributed by atoms with Gasteiger partial charge in [-0.15, -0.1) is 0 Å². The predicted molar refractivity (Wildman–Crippen MR) is 109 cm³/mol. The summed E-state index contributed by atoms with van der Waals surface area (Å²) < 4.78 is 20.1. The van der Waals surface area contributed by atoms with E-state index in [0.29, 0.717) is 28.2 Å². The van der Waals surface area contributed by atoms with Gasteiger partial charge in [0.05, 0.1) is 23.7 Å². The molecule has 1 heterocycles. The fourth-order valence-corrected chi connectivity index (χ4v) is 3.05. The summed E-state index contributed by atoms with van der Waals surface area (Å²) in [4.78, 5) is 17.9. The molecule has 4 rings (SSSR count). The molecule has 3 aromatic carbocycles. The van der Waals surface area contributed by atoms with Crippen molar-refractivity contribution in [3.63, 3.8) is 0 Å². The first-order chi connectivity index (χ1) is 13.7. The van der Waals surface area contributed by atoms with Crippen molar-refractivity contribution >= 4 is 23.1 Å². The second-order valence-corrected chi connectivity index (χ2v) is 6.18. The SMILES string of the molecule is COc1ccccc1-n1c(/C=C/c2ccc(F)cc2)nc2ccccc2c1=O. The zero-order valence-corrected chi connectivity index (χ0v) is 15.2. The van der Waals surface area contributed by atoms with E-state index in [-0.39, 0.29) is 11.4 Å². The predicted octanol–water partition coefficient (Wildman–Crippen LogP) is 4.70. The fraction of sp³-hybridized carbons (Fsp3) is 0.0435. The largest absolute Gasteiger partial charge is 0.495 e. The maximum Gasteiger partial charge on any atom is 0.266 e. The summed E-state index contributed by atoms with van der Waals surface area (Å²) in [6.07, 6.45) is 3.54. The van der Waals surface area contributed by atoms with E-state index in [1.54, 1.807) is 49.6 Å². The van der Waals surface area contributed by atoms with E-state index in [2.05, 4.69) is 4.98 Å². The third kappa shape index (κ3) is 3.30. The van der Waals surface area contributed by atoms with Gasteiger partial charge in [0.1, 0.15) is 17.4 Å². The van der Waals surface area contributed by atoms with Gasteiger partial charge in [-0.25, -0.2) is 9.37 Å². The number of aromatic nitrogens is 2. The van der Waals surface area contributed by atoms with Crippen LogP contribution in [0.4, 0.5) is 4.39 Å². The number of benzene rings is 3. The van der Waals surface area contributed by atoms with Crippen LogP contribution in [0.25, 0.3) is 28.7 Å². The molecule has 0 saturated carbocycles. The summed E-state index contributed by atoms with van der Waals surface area (Å²) >= 11 is 0. The van der Waals surface area contributed by atoms with Gasteiger partial charge in [0.25, 0.3) is 5.56 Å². The van der Waals surface area contributed by atoms with E-state index in [4.69, 9.17) is 4.74 Å². The van der Waals surface area contributed by atoms with E-state index >= 15 is 0 Å². The molecular formula is C23H17FN2O2. The summed E-state index contributed by atoms with van der Waals surface area (Å²) in [5, 5.41) is 0.521. The molecule has 0 spiro atoms. The smallest absolute Gasteiger partial charge is 0.266 e. The van der Waals surface area contributed by atoms with Crippen molar-refractivity contribution in [3.8, 4) is 11.4 Å². The van der Waals surface area contributed by atoms with Crippen LogP contribution in [0.1, 0.15) is 11.4 Å². The average Bonchev–Trinajstić information content (AvgIpc) is 2.73. The van der Waals surface area contributed by atoms with Gasteiger partial charge in [0.15, 0.2) is 0 Å². The molecule has 5 heteroatoms. The maximum absolute atomic E-state index is 13.3. The van der Waals surface area contributed by atoms with Crippen molar-refractivity contribution in [2.75, 3.05) is 7.11 Å². The molecule has 0 aliphatic heterocycles. The quantitative estimate of drug-likeness (QED) is 0.521. The topological polar surface area (TPSA) is 44.1 Å². The highest BCUT2D eigenvalue weighted by Crippen LogP contribution is 2.23. The van der Waals surface area contributed by atoms with Gasteiger partial charge in [0, 0.05) is 0 Å². The number of hydrogen-bond acceptors (Lipinski definition) is 3. The Morgan fingerprint density at radius 3 is 2.43 bits per heavy atom. The molecule has 4 aromatic rings. The molecule has 0 saturated heterocycles. The number of halogens is 1. The summed E-state index contributed by atoms with van der Waals surface area (Å²) in [7, 11) is 1.56. The molecule has 0 aliphatic carbocycles. The number of methoxy groups -OCH3 is 1. The molecule has 0 N–H and O–H groups in total. The lowest BCUT2D eigenvalue weighted by Gasteiger charge is -2.14. The summed E-state index contributed by atoms with van der Waals surface area (Å²) in [6.45, 7) is 0. The highest BCUT2D eigenvalue weighted by Gasteiger charge is 2.14. The van der Waals surface area contributed by atoms with Gasteiger partial charge >= 0.3 is 0 Å². The van der Waals surface area contributed by atoms with Crippen molar-refractivity contribution < 1.29 is 9.13 Å². The van der Waals surface area contributed by atoms with Crippen LogP contribution in [0.3, 0.4) is 0 Å². The first-order valence-electron chi connectivity index (χ1n) is 8.76. The van der Waals surface area contributed by atoms with Gasteiger partial charge in [-0.2, -0.15) is 0 Å². The van der Waals surface area contributed by atoms with Crippen molar-refractivity contribution in [2.24, 2.45) is 0 Å². The van der Waals surface area contributed by atoms with Gasteiger partial charge in [-0.05, 0) is 48.0 Å². The Morgan fingerprint density at radius 1 is 0.929 bits per heavy atom. The molecule has 0 bridgehead atoms. The monoisotopic (exact) mass is 372 g/mol. The molecule has 28 heavy (non-hydrogen) atoms. The molecule has 0 amide bonds. The lowest BCUT2D eigenvalue weighted by atomic mass is 10.2. The van der Waals surface area contributed by atoms with Gasteiger partial charge < -0.3 is 4.74 Å². The van der Waals surface area contributed by atoms with Crippen LogP contribution in [-0.2, 0) is 0 Å². The van der Waals surface area contributed by atoms with Crippen LogP contribution in [0, 0.1) is 5.82 Å². The van der Waals surface area contributed by atoms with Crippen molar-refractivity contribution in [1.82, 2.24) is 9.55 Å². The van der Waals surface area contributed by atoms with Gasteiger partial charge in [-0.1, -0.05) is 42.5 Å². The van der Waals surface area contributed by atoms with Crippen LogP contribution < -0.4 is 10.3 Å². The highest BCUT2D eigenvalue weighted by atomic mass is 19.1. The number of rotatable bonds is 4. The minimum Gasteiger partial charge on any atom is -0.495 e. The van der Waals surface area contributed by atoms with Crippen molar-refractivity contribution in [1.29, 1.82) is 0 Å². The average molecular weight is 372 g/mol. The third-order valence-corrected chi connectivity index (χ3v) is 4.42.